The van der Waals surface area contributed by atoms with E-state index >= 15 is 0 Å². The van der Waals surface area contributed by atoms with Gasteiger partial charge in [0.25, 0.3) is 0 Å². The molecule has 0 aromatic heterocycles. The second-order valence-corrected chi connectivity index (χ2v) is 9.22. The molecule has 1 fully saturated rings. The van der Waals surface area contributed by atoms with Crippen molar-refractivity contribution in [1.29, 1.82) is 0 Å². The van der Waals surface area contributed by atoms with Crippen LogP contribution < -0.4 is 10.6 Å². The average Bonchev–Trinajstić information content (AvgIpc) is 2.45. The fraction of sp³-hybridized carbons (Fsp3) is 0.579. The molecule has 5 heteroatoms. The maximum atomic E-state index is 12.5. The van der Waals surface area contributed by atoms with Gasteiger partial charge < -0.3 is 10.6 Å². The van der Waals surface area contributed by atoms with Gasteiger partial charge in [-0.15, -0.1) is 11.8 Å². The van der Waals surface area contributed by atoms with Crippen molar-refractivity contribution in [3.63, 3.8) is 0 Å². The SMILES string of the molecule is C[C@@H]1C[C@@H](NC(=O)C[C@H]2Sc3ccccc3NC2=O)CC(C)(C)C1. The molecule has 24 heavy (non-hydrogen) atoms. The first-order valence-corrected chi connectivity index (χ1v) is 9.56. The molecule has 1 heterocycles. The number of anilines is 1. The third-order valence-corrected chi connectivity index (χ3v) is 6.10. The van der Waals surface area contributed by atoms with Crippen molar-refractivity contribution in [2.75, 3.05) is 5.32 Å². The van der Waals surface area contributed by atoms with Gasteiger partial charge in [-0.1, -0.05) is 32.9 Å². The highest BCUT2D eigenvalue weighted by molar-refractivity contribution is 8.01. The van der Waals surface area contributed by atoms with Gasteiger partial charge >= 0.3 is 0 Å². The van der Waals surface area contributed by atoms with Crippen LogP contribution in [0.25, 0.3) is 0 Å². The molecule has 1 aliphatic carbocycles. The third-order valence-electron chi connectivity index (χ3n) is 4.83. The van der Waals surface area contributed by atoms with E-state index in [0.717, 1.165) is 23.4 Å². The first-order valence-electron chi connectivity index (χ1n) is 8.68. The summed E-state index contributed by atoms with van der Waals surface area (Å²) in [6, 6.07) is 7.95. The number of rotatable bonds is 3. The minimum Gasteiger partial charge on any atom is -0.353 e. The Morgan fingerprint density at radius 1 is 1.33 bits per heavy atom. The van der Waals surface area contributed by atoms with E-state index in [2.05, 4.69) is 31.4 Å². The lowest BCUT2D eigenvalue weighted by Crippen LogP contribution is -2.44. The lowest BCUT2D eigenvalue weighted by Gasteiger charge is -2.39. The summed E-state index contributed by atoms with van der Waals surface area (Å²) in [5.41, 5.74) is 1.11. The standard InChI is InChI=1S/C19H26N2O2S/c1-12-8-13(11-19(2,3)10-12)20-17(22)9-16-18(23)21-14-6-4-5-7-15(14)24-16/h4-7,12-13,16H,8-11H2,1-3H3,(H,20,22)(H,21,23)/t12-,13-,16-/m1/s1. The van der Waals surface area contributed by atoms with Crippen molar-refractivity contribution in [2.45, 2.75) is 62.6 Å². The molecule has 1 aromatic carbocycles. The molecule has 2 amide bonds. The molecule has 1 aliphatic heterocycles. The lowest BCUT2D eigenvalue weighted by atomic mass is 9.70. The lowest BCUT2D eigenvalue weighted by molar-refractivity contribution is -0.125. The Balaban J connectivity index is 1.58. The van der Waals surface area contributed by atoms with E-state index in [1.165, 1.54) is 18.2 Å². The number of fused-ring (bicyclic) bond motifs is 1. The summed E-state index contributed by atoms with van der Waals surface area (Å²) in [6.07, 6.45) is 3.48. The number of hydrogen-bond donors (Lipinski definition) is 2. The Bertz CT molecular complexity index is 644. The van der Waals surface area contributed by atoms with Crippen LogP contribution in [0.3, 0.4) is 0 Å². The number of carbonyl (C=O) groups is 2. The number of amides is 2. The summed E-state index contributed by atoms with van der Waals surface area (Å²) >= 11 is 1.48. The Labute approximate surface area is 148 Å². The molecule has 0 saturated heterocycles. The predicted molar refractivity (Wildman–Crippen MR) is 98.1 cm³/mol. The van der Waals surface area contributed by atoms with E-state index in [4.69, 9.17) is 0 Å². The van der Waals surface area contributed by atoms with Crippen LogP contribution in [0, 0.1) is 11.3 Å². The van der Waals surface area contributed by atoms with Gasteiger partial charge in [-0.3, -0.25) is 9.59 Å². The van der Waals surface area contributed by atoms with Crippen LogP contribution in [0.15, 0.2) is 29.2 Å². The average molecular weight is 346 g/mol. The Hall–Kier alpha value is -1.49. The normalized spacial score (nSPS) is 28.6. The van der Waals surface area contributed by atoms with Gasteiger partial charge in [-0.05, 0) is 42.7 Å². The highest BCUT2D eigenvalue weighted by Gasteiger charge is 2.34. The fourth-order valence-corrected chi connectivity index (χ4v) is 5.25. The van der Waals surface area contributed by atoms with Gasteiger partial charge in [-0.2, -0.15) is 0 Å². The quantitative estimate of drug-likeness (QED) is 0.875. The van der Waals surface area contributed by atoms with Crippen LogP contribution in [-0.2, 0) is 9.59 Å². The molecule has 1 saturated carbocycles. The largest absolute Gasteiger partial charge is 0.353 e. The summed E-state index contributed by atoms with van der Waals surface area (Å²) in [5.74, 6) is 0.529. The summed E-state index contributed by atoms with van der Waals surface area (Å²) in [4.78, 5) is 25.7. The molecule has 130 valence electrons. The van der Waals surface area contributed by atoms with E-state index in [9.17, 15) is 9.59 Å². The topological polar surface area (TPSA) is 58.2 Å². The summed E-state index contributed by atoms with van der Waals surface area (Å²) in [7, 11) is 0. The Morgan fingerprint density at radius 2 is 2.08 bits per heavy atom. The maximum absolute atomic E-state index is 12.5. The number of benzene rings is 1. The smallest absolute Gasteiger partial charge is 0.238 e. The second kappa shape index (κ2) is 6.79. The number of carbonyl (C=O) groups excluding carboxylic acids is 2. The van der Waals surface area contributed by atoms with Gasteiger partial charge in [0.05, 0.1) is 10.9 Å². The van der Waals surface area contributed by atoms with Crippen molar-refractivity contribution in [2.24, 2.45) is 11.3 Å². The van der Waals surface area contributed by atoms with E-state index in [1.807, 2.05) is 24.3 Å². The van der Waals surface area contributed by atoms with Crippen molar-refractivity contribution in [3.05, 3.63) is 24.3 Å². The minimum absolute atomic E-state index is 0.0167. The maximum Gasteiger partial charge on any atom is 0.238 e. The van der Waals surface area contributed by atoms with Crippen LogP contribution in [0.1, 0.15) is 46.5 Å². The van der Waals surface area contributed by atoms with Crippen molar-refractivity contribution < 1.29 is 9.59 Å². The van der Waals surface area contributed by atoms with Gasteiger partial charge in [0, 0.05) is 17.4 Å². The minimum atomic E-state index is -0.353. The molecule has 3 rings (SSSR count). The zero-order chi connectivity index (χ0) is 17.3. The third kappa shape index (κ3) is 4.12. The zero-order valence-corrected chi connectivity index (χ0v) is 15.4. The van der Waals surface area contributed by atoms with Gasteiger partial charge in [0.1, 0.15) is 0 Å². The molecule has 2 aliphatic rings. The van der Waals surface area contributed by atoms with Crippen LogP contribution in [-0.4, -0.2) is 23.1 Å². The Morgan fingerprint density at radius 3 is 2.83 bits per heavy atom. The number of hydrogen-bond acceptors (Lipinski definition) is 3. The zero-order valence-electron chi connectivity index (χ0n) is 14.6. The van der Waals surface area contributed by atoms with E-state index in [-0.39, 0.29) is 34.9 Å². The van der Waals surface area contributed by atoms with Gasteiger partial charge in [0.15, 0.2) is 0 Å². The number of nitrogens with one attached hydrogen (secondary N) is 2. The predicted octanol–water partition coefficient (Wildman–Crippen LogP) is 3.82. The Kier molecular flexibility index (Phi) is 4.90. The molecule has 3 atom stereocenters. The first kappa shape index (κ1) is 17.3. The molecule has 1 aromatic rings. The number of thioether (sulfide) groups is 1. The van der Waals surface area contributed by atoms with Crippen LogP contribution in [0.5, 0.6) is 0 Å². The molecular weight excluding hydrogens is 320 g/mol. The van der Waals surface area contributed by atoms with Crippen molar-refractivity contribution in [3.8, 4) is 0 Å². The fourth-order valence-electron chi connectivity index (χ4n) is 4.14. The van der Waals surface area contributed by atoms with Crippen molar-refractivity contribution >= 4 is 29.3 Å². The van der Waals surface area contributed by atoms with E-state index in [0.29, 0.717) is 5.92 Å². The highest BCUT2D eigenvalue weighted by Crippen LogP contribution is 2.39. The van der Waals surface area contributed by atoms with Crippen molar-refractivity contribution in [1.82, 2.24) is 5.32 Å². The van der Waals surface area contributed by atoms with E-state index < -0.39 is 0 Å². The second-order valence-electron chi connectivity index (χ2n) is 7.97. The van der Waals surface area contributed by atoms with Crippen LogP contribution in [0.2, 0.25) is 0 Å². The molecule has 0 bridgehead atoms. The summed E-state index contributed by atoms with van der Waals surface area (Å²) in [5, 5.41) is 5.71. The molecule has 0 spiro atoms. The molecule has 2 N–H and O–H groups in total. The summed E-state index contributed by atoms with van der Waals surface area (Å²) < 4.78 is 0. The van der Waals surface area contributed by atoms with Crippen LogP contribution in [0.4, 0.5) is 5.69 Å². The molecule has 0 unspecified atom stereocenters. The molecule has 4 nitrogen and oxygen atoms in total. The summed E-state index contributed by atoms with van der Waals surface area (Å²) in [6.45, 7) is 6.79. The number of para-hydroxylation sites is 1. The molecular formula is C19H26N2O2S. The van der Waals surface area contributed by atoms with Crippen LogP contribution >= 0.6 is 11.8 Å². The monoisotopic (exact) mass is 346 g/mol. The molecule has 0 radical (unpaired) electrons. The van der Waals surface area contributed by atoms with Gasteiger partial charge in [-0.25, -0.2) is 0 Å². The highest BCUT2D eigenvalue weighted by atomic mass is 32.2. The van der Waals surface area contributed by atoms with Gasteiger partial charge in [0.2, 0.25) is 11.8 Å². The van der Waals surface area contributed by atoms with E-state index in [1.54, 1.807) is 0 Å². The first-order chi connectivity index (χ1) is 11.3.